The number of carbonyl (C=O) groups excluding carboxylic acids is 1. The molecule has 2 aromatic carbocycles. The fourth-order valence-electron chi connectivity index (χ4n) is 3.97. The molecule has 6 nitrogen and oxygen atoms in total. The lowest BCUT2D eigenvalue weighted by molar-refractivity contribution is -0.114. The number of piperazine rings is 1. The summed E-state index contributed by atoms with van der Waals surface area (Å²) >= 11 is 0. The summed E-state index contributed by atoms with van der Waals surface area (Å²) in [5.74, 6) is -0.0408. The third-order valence-electron chi connectivity index (χ3n) is 5.81. The van der Waals surface area contributed by atoms with Crippen molar-refractivity contribution >= 4 is 28.7 Å². The molecule has 29 heavy (non-hydrogen) atoms. The van der Waals surface area contributed by atoms with Crippen LogP contribution in [0, 0.1) is 0 Å². The summed E-state index contributed by atoms with van der Waals surface area (Å²) in [5, 5.41) is 6.18. The van der Waals surface area contributed by atoms with Gasteiger partial charge in [-0.05, 0) is 68.4 Å². The predicted molar refractivity (Wildman–Crippen MR) is 121 cm³/mol. The van der Waals surface area contributed by atoms with Gasteiger partial charge in [-0.3, -0.25) is 4.79 Å². The van der Waals surface area contributed by atoms with E-state index in [1.165, 1.54) is 24.2 Å². The molecule has 6 heteroatoms. The van der Waals surface area contributed by atoms with Gasteiger partial charge < -0.3 is 25.3 Å². The van der Waals surface area contributed by atoms with E-state index in [4.69, 9.17) is 0 Å². The summed E-state index contributed by atoms with van der Waals surface area (Å²) < 4.78 is 0. The number of anilines is 4. The summed E-state index contributed by atoms with van der Waals surface area (Å²) in [5.41, 5.74) is 4.28. The summed E-state index contributed by atoms with van der Waals surface area (Å²) in [7, 11) is 2.16. The third kappa shape index (κ3) is 5.21. The van der Waals surface area contributed by atoms with Crippen LogP contribution in [0.4, 0.5) is 22.7 Å². The van der Waals surface area contributed by atoms with E-state index in [9.17, 15) is 4.79 Å². The molecule has 0 aromatic heterocycles. The SMILES string of the molecule is CN1CCN(c2ccc(NC(=O)CNc3ccc(N4CCCC4)cc3)cc2)CC1. The van der Waals surface area contributed by atoms with Crippen LogP contribution in [0.2, 0.25) is 0 Å². The van der Waals surface area contributed by atoms with Gasteiger partial charge >= 0.3 is 0 Å². The van der Waals surface area contributed by atoms with Crippen LogP contribution >= 0.6 is 0 Å². The quantitative estimate of drug-likeness (QED) is 0.790. The summed E-state index contributed by atoms with van der Waals surface area (Å²) in [6.45, 7) is 6.80. The standard InChI is InChI=1S/C23H31N5O/c1-26-14-16-28(17-15-26)22-10-6-20(7-11-22)25-23(29)18-24-19-4-8-21(9-5-19)27-12-2-3-13-27/h4-11,24H,2-3,12-18H2,1H3,(H,25,29). The van der Waals surface area contributed by atoms with Crippen LogP contribution in [0.3, 0.4) is 0 Å². The highest BCUT2D eigenvalue weighted by molar-refractivity contribution is 5.93. The molecule has 2 heterocycles. The summed E-state index contributed by atoms with van der Waals surface area (Å²) in [4.78, 5) is 19.4. The molecule has 4 rings (SSSR count). The Bertz CT molecular complexity index is 791. The minimum atomic E-state index is -0.0408. The zero-order valence-electron chi connectivity index (χ0n) is 17.2. The molecule has 1 amide bonds. The van der Waals surface area contributed by atoms with Gasteiger partial charge in [-0.2, -0.15) is 0 Å². The van der Waals surface area contributed by atoms with Crippen molar-refractivity contribution in [3.63, 3.8) is 0 Å². The maximum absolute atomic E-state index is 12.3. The minimum Gasteiger partial charge on any atom is -0.376 e. The highest BCUT2D eigenvalue weighted by atomic mass is 16.1. The number of likely N-dealkylation sites (N-methyl/N-ethyl adjacent to an activating group) is 1. The molecule has 0 saturated carbocycles. The molecule has 0 unspecified atom stereocenters. The summed E-state index contributed by atoms with van der Waals surface area (Å²) in [6.07, 6.45) is 2.55. The van der Waals surface area contributed by atoms with Crippen LogP contribution in [-0.2, 0) is 4.79 Å². The third-order valence-corrected chi connectivity index (χ3v) is 5.81. The molecular weight excluding hydrogens is 362 g/mol. The number of hydrogen-bond acceptors (Lipinski definition) is 5. The molecular formula is C23H31N5O. The highest BCUT2D eigenvalue weighted by Gasteiger charge is 2.14. The number of carbonyl (C=O) groups is 1. The van der Waals surface area contributed by atoms with Crippen LogP contribution in [0.5, 0.6) is 0 Å². The lowest BCUT2D eigenvalue weighted by Crippen LogP contribution is -2.44. The molecule has 0 spiro atoms. The average molecular weight is 394 g/mol. The van der Waals surface area contributed by atoms with Crippen LogP contribution < -0.4 is 20.4 Å². The van der Waals surface area contributed by atoms with Gasteiger partial charge in [-0.15, -0.1) is 0 Å². The first-order valence-electron chi connectivity index (χ1n) is 10.6. The van der Waals surface area contributed by atoms with Crippen molar-refractivity contribution in [3.8, 4) is 0 Å². The Balaban J connectivity index is 1.24. The van der Waals surface area contributed by atoms with Gasteiger partial charge in [0.15, 0.2) is 0 Å². The Labute approximate surface area is 173 Å². The van der Waals surface area contributed by atoms with Crippen molar-refractivity contribution in [2.75, 3.05) is 73.3 Å². The molecule has 2 aromatic rings. The van der Waals surface area contributed by atoms with Crippen LogP contribution in [0.1, 0.15) is 12.8 Å². The molecule has 2 aliphatic heterocycles. The fraction of sp³-hybridized carbons (Fsp3) is 0.435. The van der Waals surface area contributed by atoms with E-state index >= 15 is 0 Å². The highest BCUT2D eigenvalue weighted by Crippen LogP contribution is 2.22. The summed E-state index contributed by atoms with van der Waals surface area (Å²) in [6, 6.07) is 16.5. The predicted octanol–water partition coefficient (Wildman–Crippen LogP) is 3.09. The van der Waals surface area contributed by atoms with E-state index in [-0.39, 0.29) is 12.5 Å². The monoisotopic (exact) mass is 393 g/mol. The lowest BCUT2D eigenvalue weighted by Gasteiger charge is -2.34. The normalized spacial score (nSPS) is 17.4. The molecule has 2 aliphatic rings. The van der Waals surface area contributed by atoms with E-state index in [2.05, 4.69) is 56.6 Å². The zero-order valence-corrected chi connectivity index (χ0v) is 17.2. The zero-order chi connectivity index (χ0) is 20.1. The number of benzene rings is 2. The largest absolute Gasteiger partial charge is 0.376 e. The molecule has 0 aliphatic carbocycles. The molecule has 2 N–H and O–H groups in total. The molecule has 0 atom stereocenters. The number of nitrogens with one attached hydrogen (secondary N) is 2. The fourth-order valence-corrected chi connectivity index (χ4v) is 3.97. The second kappa shape index (κ2) is 9.18. The Morgan fingerprint density at radius 2 is 1.28 bits per heavy atom. The van der Waals surface area contributed by atoms with Crippen molar-refractivity contribution in [1.82, 2.24) is 4.90 Å². The minimum absolute atomic E-state index is 0.0408. The van der Waals surface area contributed by atoms with E-state index in [0.29, 0.717) is 0 Å². The second-order valence-electron chi connectivity index (χ2n) is 7.98. The van der Waals surface area contributed by atoms with Gasteiger partial charge in [-0.1, -0.05) is 0 Å². The maximum Gasteiger partial charge on any atom is 0.243 e. The van der Waals surface area contributed by atoms with Crippen molar-refractivity contribution < 1.29 is 4.79 Å². The number of amides is 1. The van der Waals surface area contributed by atoms with Crippen molar-refractivity contribution in [1.29, 1.82) is 0 Å². The lowest BCUT2D eigenvalue weighted by atomic mass is 10.2. The van der Waals surface area contributed by atoms with Gasteiger partial charge in [0.1, 0.15) is 0 Å². The van der Waals surface area contributed by atoms with Gasteiger partial charge in [0, 0.05) is 62.0 Å². The van der Waals surface area contributed by atoms with Gasteiger partial charge in [0.05, 0.1) is 6.54 Å². The van der Waals surface area contributed by atoms with Crippen molar-refractivity contribution in [2.24, 2.45) is 0 Å². The van der Waals surface area contributed by atoms with Crippen LogP contribution in [-0.4, -0.2) is 63.7 Å². The maximum atomic E-state index is 12.3. The van der Waals surface area contributed by atoms with Gasteiger partial charge in [-0.25, -0.2) is 0 Å². The second-order valence-corrected chi connectivity index (χ2v) is 7.98. The van der Waals surface area contributed by atoms with Crippen molar-refractivity contribution in [3.05, 3.63) is 48.5 Å². The van der Waals surface area contributed by atoms with Gasteiger partial charge in [0.2, 0.25) is 5.91 Å². The Morgan fingerprint density at radius 3 is 1.86 bits per heavy atom. The first-order valence-corrected chi connectivity index (χ1v) is 10.6. The van der Waals surface area contributed by atoms with E-state index in [1.807, 2.05) is 24.3 Å². The van der Waals surface area contributed by atoms with E-state index in [1.54, 1.807) is 0 Å². The first-order chi connectivity index (χ1) is 14.2. The molecule has 2 fully saturated rings. The Morgan fingerprint density at radius 1 is 0.759 bits per heavy atom. The molecule has 154 valence electrons. The smallest absolute Gasteiger partial charge is 0.243 e. The molecule has 0 bridgehead atoms. The topological polar surface area (TPSA) is 50.9 Å². The van der Waals surface area contributed by atoms with Gasteiger partial charge in [0.25, 0.3) is 0 Å². The molecule has 0 radical (unpaired) electrons. The number of rotatable bonds is 6. The van der Waals surface area contributed by atoms with Crippen LogP contribution in [0.15, 0.2) is 48.5 Å². The van der Waals surface area contributed by atoms with E-state index < -0.39 is 0 Å². The van der Waals surface area contributed by atoms with Crippen molar-refractivity contribution in [2.45, 2.75) is 12.8 Å². The average Bonchev–Trinajstić information content (AvgIpc) is 3.29. The number of nitrogens with zero attached hydrogens (tertiary/aromatic N) is 3. The Kier molecular flexibility index (Phi) is 6.20. The number of hydrogen-bond donors (Lipinski definition) is 2. The van der Waals surface area contributed by atoms with Crippen LogP contribution in [0.25, 0.3) is 0 Å². The van der Waals surface area contributed by atoms with E-state index in [0.717, 1.165) is 50.6 Å². The Hall–Kier alpha value is -2.73. The first kappa shape index (κ1) is 19.6. The molecule has 2 saturated heterocycles.